The van der Waals surface area contributed by atoms with E-state index in [1.807, 2.05) is 61.5 Å². The second kappa shape index (κ2) is 5.48. The van der Waals surface area contributed by atoms with Crippen molar-refractivity contribution in [1.29, 1.82) is 5.26 Å². The van der Waals surface area contributed by atoms with Crippen LogP contribution in [0.5, 0.6) is 0 Å². The molecular weight excluding hydrogens is 222 g/mol. The van der Waals surface area contributed by atoms with Crippen LogP contribution in [0.1, 0.15) is 28.7 Å². The molecule has 18 heavy (non-hydrogen) atoms. The van der Waals surface area contributed by atoms with Crippen molar-refractivity contribution in [3.63, 3.8) is 0 Å². The summed E-state index contributed by atoms with van der Waals surface area (Å²) in [6.45, 7) is 2.00. The van der Waals surface area contributed by atoms with E-state index in [1.54, 1.807) is 0 Å². The molecule has 0 fully saturated rings. The number of nitrogens with zero attached hydrogens (tertiary/aromatic N) is 1. The fraction of sp³-hybridized carbons (Fsp3) is 0.188. The Hall–Kier alpha value is -2.11. The maximum atomic E-state index is 10.3. The van der Waals surface area contributed by atoms with Gasteiger partial charge < -0.3 is 5.11 Å². The van der Waals surface area contributed by atoms with Crippen LogP contribution in [0.2, 0.25) is 0 Å². The lowest BCUT2D eigenvalue weighted by Gasteiger charge is -2.17. The van der Waals surface area contributed by atoms with Crippen molar-refractivity contribution >= 4 is 0 Å². The number of hydrogen-bond acceptors (Lipinski definition) is 2. The van der Waals surface area contributed by atoms with Gasteiger partial charge >= 0.3 is 0 Å². The lowest BCUT2D eigenvalue weighted by molar-refractivity contribution is 0.164. The van der Waals surface area contributed by atoms with Gasteiger partial charge in [-0.1, -0.05) is 60.2 Å². The van der Waals surface area contributed by atoms with Gasteiger partial charge in [-0.15, -0.1) is 0 Å². The molecule has 0 aliphatic heterocycles. The molecule has 0 heterocycles. The van der Waals surface area contributed by atoms with Crippen molar-refractivity contribution in [2.24, 2.45) is 0 Å². The number of hydrogen-bond donors (Lipinski definition) is 1. The second-order valence-electron chi connectivity index (χ2n) is 4.37. The first-order chi connectivity index (χ1) is 8.72. The van der Waals surface area contributed by atoms with Crippen molar-refractivity contribution in [2.45, 2.75) is 18.9 Å². The maximum absolute atomic E-state index is 10.3. The Bertz CT molecular complexity index is 540. The van der Waals surface area contributed by atoms with E-state index in [0.717, 1.165) is 16.7 Å². The van der Waals surface area contributed by atoms with Crippen molar-refractivity contribution in [3.05, 3.63) is 71.3 Å². The first-order valence-corrected chi connectivity index (χ1v) is 5.91. The zero-order valence-corrected chi connectivity index (χ0v) is 10.2. The van der Waals surface area contributed by atoms with Gasteiger partial charge in [0, 0.05) is 0 Å². The van der Waals surface area contributed by atoms with Crippen molar-refractivity contribution in [3.8, 4) is 6.07 Å². The molecule has 0 amide bonds. The zero-order chi connectivity index (χ0) is 13.0. The standard InChI is InChI=1S/C16H15NO/c1-12-7-9-14(10-8-12)16(18)15(11-17)13-5-3-2-4-6-13/h2-10,15-16,18H,1H3/t15?,16-/m0/s1. The van der Waals surface area contributed by atoms with Crippen LogP contribution in [-0.2, 0) is 0 Å². The summed E-state index contributed by atoms with van der Waals surface area (Å²) in [6.07, 6.45) is -0.794. The average Bonchev–Trinajstić information content (AvgIpc) is 2.41. The van der Waals surface area contributed by atoms with E-state index in [9.17, 15) is 10.4 Å². The number of benzene rings is 2. The molecule has 2 atom stereocenters. The summed E-state index contributed by atoms with van der Waals surface area (Å²) in [6, 6.07) is 19.2. The van der Waals surface area contributed by atoms with Crippen molar-refractivity contribution in [1.82, 2.24) is 0 Å². The van der Waals surface area contributed by atoms with Crippen LogP contribution in [0.4, 0.5) is 0 Å². The molecule has 0 spiro atoms. The van der Waals surface area contributed by atoms with E-state index in [4.69, 9.17) is 0 Å². The van der Waals surface area contributed by atoms with Crippen LogP contribution < -0.4 is 0 Å². The predicted molar refractivity (Wildman–Crippen MR) is 70.9 cm³/mol. The van der Waals surface area contributed by atoms with Crippen molar-refractivity contribution < 1.29 is 5.11 Å². The Kier molecular flexibility index (Phi) is 3.76. The molecule has 2 aromatic carbocycles. The predicted octanol–water partition coefficient (Wildman–Crippen LogP) is 3.34. The fourth-order valence-electron chi connectivity index (χ4n) is 1.94. The molecule has 0 aliphatic carbocycles. The topological polar surface area (TPSA) is 44.0 Å². The minimum atomic E-state index is -0.794. The Morgan fingerprint density at radius 1 is 0.944 bits per heavy atom. The van der Waals surface area contributed by atoms with Gasteiger partial charge in [0.15, 0.2) is 0 Å². The first kappa shape index (κ1) is 12.3. The summed E-state index contributed by atoms with van der Waals surface area (Å²) in [5.41, 5.74) is 2.75. The molecule has 1 unspecified atom stereocenters. The molecule has 0 bridgehead atoms. The number of aliphatic hydroxyl groups is 1. The van der Waals surface area contributed by atoms with Gasteiger partial charge in [-0.2, -0.15) is 5.26 Å². The van der Waals surface area contributed by atoms with Crippen LogP contribution >= 0.6 is 0 Å². The molecule has 2 nitrogen and oxygen atoms in total. The SMILES string of the molecule is Cc1ccc([C@H](O)C(C#N)c2ccccc2)cc1. The summed E-state index contributed by atoms with van der Waals surface area (Å²) in [5, 5.41) is 19.6. The zero-order valence-electron chi connectivity index (χ0n) is 10.2. The molecule has 2 heteroatoms. The smallest absolute Gasteiger partial charge is 0.101 e. The summed E-state index contributed by atoms with van der Waals surface area (Å²) in [5.74, 6) is -0.533. The lowest BCUT2D eigenvalue weighted by atomic mass is 9.90. The molecule has 0 aromatic heterocycles. The maximum Gasteiger partial charge on any atom is 0.101 e. The molecule has 0 saturated heterocycles. The Balaban J connectivity index is 2.29. The first-order valence-electron chi connectivity index (χ1n) is 5.91. The van der Waals surface area contributed by atoms with Crippen molar-refractivity contribution in [2.75, 3.05) is 0 Å². The van der Waals surface area contributed by atoms with Crippen LogP contribution in [0.15, 0.2) is 54.6 Å². The third kappa shape index (κ3) is 2.58. The van der Waals surface area contributed by atoms with Gasteiger partial charge in [-0.05, 0) is 18.1 Å². The highest BCUT2D eigenvalue weighted by Crippen LogP contribution is 2.30. The Morgan fingerprint density at radius 3 is 2.11 bits per heavy atom. The molecular formula is C16H15NO. The molecule has 2 rings (SSSR count). The summed E-state index contributed by atoms with van der Waals surface area (Å²) >= 11 is 0. The van der Waals surface area contributed by atoms with Gasteiger partial charge in [0.1, 0.15) is 5.92 Å². The summed E-state index contributed by atoms with van der Waals surface area (Å²) in [7, 11) is 0. The molecule has 0 saturated carbocycles. The quantitative estimate of drug-likeness (QED) is 0.889. The third-order valence-electron chi connectivity index (χ3n) is 3.03. The number of aliphatic hydroxyl groups excluding tert-OH is 1. The van der Waals surface area contributed by atoms with Gasteiger partial charge in [0.25, 0.3) is 0 Å². The van der Waals surface area contributed by atoms with E-state index in [0.29, 0.717) is 0 Å². The van der Waals surface area contributed by atoms with Crippen LogP contribution in [-0.4, -0.2) is 5.11 Å². The van der Waals surface area contributed by atoms with E-state index in [-0.39, 0.29) is 0 Å². The summed E-state index contributed by atoms with van der Waals surface area (Å²) < 4.78 is 0. The summed E-state index contributed by atoms with van der Waals surface area (Å²) in [4.78, 5) is 0. The largest absolute Gasteiger partial charge is 0.387 e. The minimum absolute atomic E-state index is 0.533. The lowest BCUT2D eigenvalue weighted by Crippen LogP contribution is -2.09. The normalized spacial score (nSPS) is 13.6. The highest BCUT2D eigenvalue weighted by molar-refractivity contribution is 5.32. The highest BCUT2D eigenvalue weighted by Gasteiger charge is 2.22. The van der Waals surface area contributed by atoms with E-state index >= 15 is 0 Å². The van der Waals surface area contributed by atoms with E-state index < -0.39 is 12.0 Å². The van der Waals surface area contributed by atoms with Crippen LogP contribution in [0.3, 0.4) is 0 Å². The third-order valence-corrected chi connectivity index (χ3v) is 3.03. The molecule has 1 N–H and O–H groups in total. The highest BCUT2D eigenvalue weighted by atomic mass is 16.3. The van der Waals surface area contributed by atoms with Crippen LogP contribution in [0.25, 0.3) is 0 Å². The van der Waals surface area contributed by atoms with Gasteiger partial charge in [-0.3, -0.25) is 0 Å². The molecule has 2 aromatic rings. The van der Waals surface area contributed by atoms with E-state index in [2.05, 4.69) is 6.07 Å². The Morgan fingerprint density at radius 2 is 1.56 bits per heavy atom. The number of aryl methyl sites for hydroxylation is 1. The average molecular weight is 237 g/mol. The second-order valence-corrected chi connectivity index (χ2v) is 4.37. The fourth-order valence-corrected chi connectivity index (χ4v) is 1.94. The van der Waals surface area contributed by atoms with Gasteiger partial charge in [-0.25, -0.2) is 0 Å². The number of nitriles is 1. The minimum Gasteiger partial charge on any atom is -0.387 e. The monoisotopic (exact) mass is 237 g/mol. The van der Waals surface area contributed by atoms with Gasteiger partial charge in [0.2, 0.25) is 0 Å². The van der Waals surface area contributed by atoms with E-state index in [1.165, 1.54) is 0 Å². The number of rotatable bonds is 3. The Labute approximate surface area is 107 Å². The molecule has 0 aliphatic rings. The van der Waals surface area contributed by atoms with Gasteiger partial charge in [0.05, 0.1) is 12.2 Å². The van der Waals surface area contributed by atoms with Crippen LogP contribution in [0, 0.1) is 18.3 Å². The molecule has 90 valence electrons. The molecule has 0 radical (unpaired) electrons.